The Kier molecular flexibility index (Phi) is 7.03. The second-order valence-corrected chi connectivity index (χ2v) is 6.15. The Hall–Kier alpha value is -2.78. The highest BCUT2D eigenvalue weighted by Gasteiger charge is 2.17. The highest BCUT2D eigenvalue weighted by Crippen LogP contribution is 2.40. The van der Waals surface area contributed by atoms with Crippen LogP contribution in [0, 0.1) is 0 Å². The van der Waals surface area contributed by atoms with Gasteiger partial charge in [-0.25, -0.2) is 4.98 Å². The van der Waals surface area contributed by atoms with Crippen molar-refractivity contribution in [1.29, 1.82) is 0 Å². The molecule has 0 bridgehead atoms. The van der Waals surface area contributed by atoms with Gasteiger partial charge in [0.15, 0.2) is 23.1 Å². The fourth-order valence-electron chi connectivity index (χ4n) is 2.40. The van der Waals surface area contributed by atoms with Gasteiger partial charge >= 0.3 is 0 Å². The van der Waals surface area contributed by atoms with E-state index >= 15 is 0 Å². The van der Waals surface area contributed by atoms with Crippen LogP contribution >= 0.6 is 0 Å². The van der Waals surface area contributed by atoms with Crippen molar-refractivity contribution in [3.05, 3.63) is 23.9 Å². The molecule has 0 unspecified atom stereocenters. The van der Waals surface area contributed by atoms with E-state index in [4.69, 9.17) is 30.2 Å². The number of aliphatic hydroxyl groups is 2. The average molecular weight is 378 g/mol. The molecular weight excluding hydrogens is 352 g/mol. The number of nitrogens with two attached hydrogens (primary N) is 1. The summed E-state index contributed by atoms with van der Waals surface area (Å²) in [5.74, 6) is 2.44. The van der Waals surface area contributed by atoms with Crippen LogP contribution < -0.4 is 25.3 Å². The number of anilines is 2. The number of ether oxygens (including phenoxy) is 3. The first-order chi connectivity index (χ1) is 12.9. The van der Waals surface area contributed by atoms with E-state index in [0.717, 1.165) is 5.56 Å². The summed E-state index contributed by atoms with van der Waals surface area (Å²) in [7, 11) is 3.12. The fourth-order valence-corrected chi connectivity index (χ4v) is 2.40. The van der Waals surface area contributed by atoms with Gasteiger partial charge in [-0.05, 0) is 12.0 Å². The zero-order chi connectivity index (χ0) is 20.0. The lowest BCUT2D eigenvalue weighted by molar-refractivity contribution is 0.203. The topological polar surface area (TPSA) is 132 Å². The van der Waals surface area contributed by atoms with Gasteiger partial charge < -0.3 is 35.5 Å². The molecule has 5 N–H and O–H groups in total. The Labute approximate surface area is 158 Å². The maximum Gasteiger partial charge on any atom is 0.225 e. The smallest absolute Gasteiger partial charge is 0.225 e. The summed E-state index contributed by atoms with van der Waals surface area (Å²) in [5.41, 5.74) is 6.90. The molecule has 1 aromatic carbocycles. The molecule has 0 radical (unpaired) electrons. The number of hydrogen-bond acceptors (Lipinski definition) is 9. The maximum absolute atomic E-state index is 9.12. The van der Waals surface area contributed by atoms with Gasteiger partial charge in [0.05, 0.1) is 39.7 Å². The van der Waals surface area contributed by atoms with Gasteiger partial charge in [-0.15, -0.1) is 0 Å². The van der Waals surface area contributed by atoms with Crippen molar-refractivity contribution in [2.24, 2.45) is 0 Å². The fraction of sp³-hybridized carbons (Fsp3) is 0.444. The van der Waals surface area contributed by atoms with E-state index in [-0.39, 0.29) is 36.6 Å². The Morgan fingerprint density at radius 3 is 2.19 bits per heavy atom. The van der Waals surface area contributed by atoms with Crippen LogP contribution in [0.25, 0.3) is 0 Å². The minimum Gasteiger partial charge on any atom is -0.493 e. The SMILES string of the molecule is COc1cc(Oc2cnc(NC(CO)CO)nc2N)c(C(C)C)cc1OC. The Morgan fingerprint density at radius 2 is 1.67 bits per heavy atom. The van der Waals surface area contributed by atoms with E-state index in [1.807, 2.05) is 19.9 Å². The lowest BCUT2D eigenvalue weighted by atomic mass is 10.0. The van der Waals surface area contributed by atoms with Crippen LogP contribution in [0.4, 0.5) is 11.8 Å². The summed E-state index contributed by atoms with van der Waals surface area (Å²) in [6.45, 7) is 3.54. The van der Waals surface area contributed by atoms with Crippen molar-refractivity contribution < 1.29 is 24.4 Å². The summed E-state index contributed by atoms with van der Waals surface area (Å²) >= 11 is 0. The first-order valence-corrected chi connectivity index (χ1v) is 8.48. The summed E-state index contributed by atoms with van der Waals surface area (Å²) in [5, 5.41) is 21.0. The number of nitrogens with zero attached hydrogens (tertiary/aromatic N) is 2. The third kappa shape index (κ3) is 4.89. The van der Waals surface area contributed by atoms with Gasteiger partial charge in [0, 0.05) is 11.6 Å². The molecule has 0 saturated heterocycles. The van der Waals surface area contributed by atoms with Gasteiger partial charge in [-0.3, -0.25) is 0 Å². The maximum atomic E-state index is 9.12. The molecule has 148 valence electrons. The summed E-state index contributed by atoms with van der Waals surface area (Å²) in [4.78, 5) is 8.23. The molecular formula is C18H26N4O5. The Balaban J connectivity index is 2.33. The zero-order valence-corrected chi connectivity index (χ0v) is 15.9. The number of nitrogen functional groups attached to an aromatic ring is 1. The van der Waals surface area contributed by atoms with E-state index < -0.39 is 6.04 Å². The first kappa shape index (κ1) is 20.5. The van der Waals surface area contributed by atoms with Crippen LogP contribution in [0.1, 0.15) is 25.3 Å². The number of benzene rings is 1. The number of aliphatic hydroxyl groups excluding tert-OH is 2. The lowest BCUT2D eigenvalue weighted by Gasteiger charge is -2.18. The van der Waals surface area contributed by atoms with Crippen molar-refractivity contribution in [2.45, 2.75) is 25.8 Å². The molecule has 0 amide bonds. The monoisotopic (exact) mass is 378 g/mol. The summed E-state index contributed by atoms with van der Waals surface area (Å²) in [6, 6.07) is 3.02. The van der Waals surface area contributed by atoms with Gasteiger partial charge in [0.2, 0.25) is 5.95 Å². The molecule has 0 aliphatic carbocycles. The predicted molar refractivity (Wildman–Crippen MR) is 102 cm³/mol. The highest BCUT2D eigenvalue weighted by molar-refractivity contribution is 5.55. The standard InChI is InChI=1S/C18H26N4O5/c1-10(2)12-5-14(25-3)15(26-4)6-13(12)27-16-7-20-18(22-17(16)19)21-11(8-23)9-24/h5-7,10-11,23-24H,8-9H2,1-4H3,(H3,19,20,21,22). The molecule has 27 heavy (non-hydrogen) atoms. The molecule has 0 fully saturated rings. The normalized spacial score (nSPS) is 11.0. The summed E-state index contributed by atoms with van der Waals surface area (Å²) < 4.78 is 16.6. The number of aromatic nitrogens is 2. The largest absolute Gasteiger partial charge is 0.493 e. The number of methoxy groups -OCH3 is 2. The average Bonchev–Trinajstić information content (AvgIpc) is 2.67. The molecule has 9 nitrogen and oxygen atoms in total. The van der Waals surface area contributed by atoms with E-state index in [9.17, 15) is 0 Å². The van der Waals surface area contributed by atoms with Crippen LogP contribution in [0.15, 0.2) is 18.3 Å². The number of nitrogens with one attached hydrogen (secondary N) is 1. The molecule has 0 atom stereocenters. The third-order valence-corrected chi connectivity index (χ3v) is 3.91. The molecule has 0 saturated carbocycles. The second kappa shape index (κ2) is 9.24. The van der Waals surface area contributed by atoms with Crippen LogP contribution in [-0.4, -0.2) is 53.7 Å². The van der Waals surface area contributed by atoms with Gasteiger partial charge in [0.25, 0.3) is 0 Å². The van der Waals surface area contributed by atoms with E-state index in [0.29, 0.717) is 17.2 Å². The lowest BCUT2D eigenvalue weighted by Crippen LogP contribution is -2.28. The number of hydrogen-bond donors (Lipinski definition) is 4. The van der Waals surface area contributed by atoms with Crippen LogP contribution in [0.3, 0.4) is 0 Å². The zero-order valence-electron chi connectivity index (χ0n) is 15.9. The van der Waals surface area contributed by atoms with Crippen molar-refractivity contribution in [2.75, 3.05) is 38.5 Å². The van der Waals surface area contributed by atoms with Crippen molar-refractivity contribution in [3.63, 3.8) is 0 Å². The van der Waals surface area contributed by atoms with E-state index in [1.54, 1.807) is 20.3 Å². The van der Waals surface area contributed by atoms with Crippen molar-refractivity contribution >= 4 is 11.8 Å². The van der Waals surface area contributed by atoms with Gasteiger partial charge in [0.1, 0.15) is 5.75 Å². The Morgan fingerprint density at radius 1 is 1.04 bits per heavy atom. The highest BCUT2D eigenvalue weighted by atomic mass is 16.5. The minimum atomic E-state index is -0.574. The van der Waals surface area contributed by atoms with Crippen LogP contribution in [0.5, 0.6) is 23.0 Å². The van der Waals surface area contributed by atoms with Crippen molar-refractivity contribution in [3.8, 4) is 23.0 Å². The van der Waals surface area contributed by atoms with Crippen LogP contribution in [0.2, 0.25) is 0 Å². The minimum absolute atomic E-state index is 0.117. The molecule has 1 aromatic heterocycles. The molecule has 2 aromatic rings. The molecule has 9 heteroatoms. The van der Waals surface area contributed by atoms with Crippen molar-refractivity contribution in [1.82, 2.24) is 9.97 Å². The van der Waals surface area contributed by atoms with Gasteiger partial charge in [-0.2, -0.15) is 4.98 Å². The molecule has 0 aliphatic heterocycles. The van der Waals surface area contributed by atoms with Gasteiger partial charge in [-0.1, -0.05) is 13.8 Å². The predicted octanol–water partition coefficient (Wildman–Crippen LogP) is 1.76. The second-order valence-electron chi connectivity index (χ2n) is 6.15. The first-order valence-electron chi connectivity index (χ1n) is 8.48. The molecule has 1 heterocycles. The van der Waals surface area contributed by atoms with Crippen LogP contribution in [-0.2, 0) is 0 Å². The summed E-state index contributed by atoms with van der Waals surface area (Å²) in [6.07, 6.45) is 1.43. The third-order valence-electron chi connectivity index (χ3n) is 3.91. The van der Waals surface area contributed by atoms with E-state index in [2.05, 4.69) is 15.3 Å². The molecule has 0 spiro atoms. The molecule has 2 rings (SSSR count). The van der Waals surface area contributed by atoms with E-state index in [1.165, 1.54) is 6.20 Å². The molecule has 0 aliphatic rings. The quantitative estimate of drug-likeness (QED) is 0.515. The number of rotatable bonds is 9. The Bertz CT molecular complexity index is 766.